The van der Waals surface area contributed by atoms with E-state index in [0.717, 1.165) is 32.8 Å². The van der Waals surface area contributed by atoms with Crippen LogP contribution in [0.3, 0.4) is 0 Å². The SMILES string of the molecule is COC(=O)[C@H](C)NC(=O)NCC[NH+]1CCOCC1. The zero-order valence-corrected chi connectivity index (χ0v) is 11.0. The van der Waals surface area contributed by atoms with Gasteiger partial charge in [-0.25, -0.2) is 9.59 Å². The van der Waals surface area contributed by atoms with Gasteiger partial charge in [0.1, 0.15) is 19.1 Å². The van der Waals surface area contributed by atoms with Gasteiger partial charge in [-0.1, -0.05) is 0 Å². The van der Waals surface area contributed by atoms with E-state index in [4.69, 9.17) is 4.74 Å². The third-order valence-corrected chi connectivity index (χ3v) is 2.87. The van der Waals surface area contributed by atoms with Crippen molar-refractivity contribution >= 4 is 12.0 Å². The largest absolute Gasteiger partial charge is 0.467 e. The van der Waals surface area contributed by atoms with E-state index in [1.165, 1.54) is 12.0 Å². The highest BCUT2D eigenvalue weighted by Crippen LogP contribution is 1.84. The fourth-order valence-electron chi connectivity index (χ4n) is 1.75. The summed E-state index contributed by atoms with van der Waals surface area (Å²) in [6.45, 7) is 6.53. The lowest BCUT2D eigenvalue weighted by Crippen LogP contribution is -3.14. The summed E-state index contributed by atoms with van der Waals surface area (Å²) in [6, 6.07) is -0.980. The highest BCUT2D eigenvalue weighted by atomic mass is 16.5. The number of methoxy groups -OCH3 is 1. The molecule has 0 radical (unpaired) electrons. The van der Waals surface area contributed by atoms with E-state index in [1.807, 2.05) is 0 Å². The number of carbonyl (C=O) groups excluding carboxylic acids is 2. The minimum absolute atomic E-state index is 0.347. The molecule has 1 fully saturated rings. The first kappa shape index (κ1) is 14.7. The second kappa shape index (κ2) is 7.88. The molecule has 0 aromatic rings. The molecule has 0 spiro atoms. The number of amides is 2. The number of rotatable bonds is 5. The van der Waals surface area contributed by atoms with E-state index in [9.17, 15) is 9.59 Å². The van der Waals surface area contributed by atoms with Crippen molar-refractivity contribution in [3.05, 3.63) is 0 Å². The van der Waals surface area contributed by atoms with Crippen molar-refractivity contribution in [1.82, 2.24) is 10.6 Å². The van der Waals surface area contributed by atoms with Crippen molar-refractivity contribution in [3.8, 4) is 0 Å². The number of urea groups is 1. The van der Waals surface area contributed by atoms with Gasteiger partial charge >= 0.3 is 12.0 Å². The summed E-state index contributed by atoms with van der Waals surface area (Å²) in [7, 11) is 1.29. The van der Waals surface area contributed by atoms with Crippen LogP contribution in [0.15, 0.2) is 0 Å². The summed E-state index contributed by atoms with van der Waals surface area (Å²) < 4.78 is 9.76. The molecule has 0 bridgehead atoms. The van der Waals surface area contributed by atoms with Crippen molar-refractivity contribution in [2.24, 2.45) is 0 Å². The Morgan fingerprint density at radius 2 is 2.06 bits per heavy atom. The fraction of sp³-hybridized carbons (Fsp3) is 0.818. The molecule has 104 valence electrons. The summed E-state index contributed by atoms with van der Waals surface area (Å²) in [5.41, 5.74) is 0. The zero-order valence-electron chi connectivity index (χ0n) is 11.0. The number of quaternary nitrogens is 1. The topological polar surface area (TPSA) is 81.1 Å². The molecule has 1 heterocycles. The predicted molar refractivity (Wildman–Crippen MR) is 64.4 cm³/mol. The Morgan fingerprint density at radius 1 is 1.39 bits per heavy atom. The first-order chi connectivity index (χ1) is 8.63. The maximum absolute atomic E-state index is 11.5. The van der Waals surface area contributed by atoms with Gasteiger partial charge in [0.05, 0.1) is 33.4 Å². The van der Waals surface area contributed by atoms with E-state index in [1.54, 1.807) is 6.92 Å². The first-order valence-corrected chi connectivity index (χ1v) is 6.17. The Balaban J connectivity index is 2.11. The molecule has 7 heteroatoms. The van der Waals surface area contributed by atoms with Crippen LogP contribution in [-0.4, -0.2) is 64.5 Å². The van der Waals surface area contributed by atoms with E-state index < -0.39 is 12.0 Å². The lowest BCUT2D eigenvalue weighted by Gasteiger charge is -2.23. The molecule has 1 aliphatic rings. The molecule has 1 atom stereocenters. The number of hydrogen-bond acceptors (Lipinski definition) is 4. The van der Waals surface area contributed by atoms with Crippen molar-refractivity contribution in [2.75, 3.05) is 46.5 Å². The van der Waals surface area contributed by atoms with Gasteiger partial charge in [-0.05, 0) is 6.92 Å². The van der Waals surface area contributed by atoms with Crippen molar-refractivity contribution in [3.63, 3.8) is 0 Å². The van der Waals surface area contributed by atoms with Crippen molar-refractivity contribution in [2.45, 2.75) is 13.0 Å². The number of morpholine rings is 1. The van der Waals surface area contributed by atoms with E-state index in [2.05, 4.69) is 15.4 Å². The number of carbonyl (C=O) groups is 2. The number of hydrogen-bond donors (Lipinski definition) is 3. The number of ether oxygens (including phenoxy) is 2. The first-order valence-electron chi connectivity index (χ1n) is 6.17. The second-order valence-corrected chi connectivity index (χ2v) is 4.26. The summed E-state index contributed by atoms with van der Waals surface area (Å²) in [5, 5.41) is 5.23. The molecule has 0 saturated carbocycles. The van der Waals surface area contributed by atoms with Crippen LogP contribution in [0.4, 0.5) is 4.79 Å². The van der Waals surface area contributed by atoms with E-state index in [-0.39, 0.29) is 6.03 Å². The minimum atomic E-state index is -0.634. The summed E-state index contributed by atoms with van der Waals surface area (Å²) in [6.07, 6.45) is 0. The highest BCUT2D eigenvalue weighted by molar-refractivity contribution is 5.83. The Kier molecular flexibility index (Phi) is 6.45. The maximum Gasteiger partial charge on any atom is 0.328 e. The lowest BCUT2D eigenvalue weighted by atomic mass is 10.3. The Bertz CT molecular complexity index is 279. The van der Waals surface area contributed by atoms with E-state index in [0.29, 0.717) is 6.54 Å². The monoisotopic (exact) mass is 260 g/mol. The molecule has 1 rings (SSSR count). The van der Waals surface area contributed by atoms with Crippen LogP contribution in [0.5, 0.6) is 0 Å². The third kappa shape index (κ3) is 5.33. The average molecular weight is 260 g/mol. The number of esters is 1. The van der Waals surface area contributed by atoms with Gasteiger partial charge in [0.25, 0.3) is 0 Å². The van der Waals surface area contributed by atoms with Crippen molar-refractivity contribution < 1.29 is 24.0 Å². The Hall–Kier alpha value is -1.34. The van der Waals surface area contributed by atoms with Gasteiger partial charge in [0, 0.05) is 0 Å². The van der Waals surface area contributed by atoms with Crippen LogP contribution in [0, 0.1) is 0 Å². The van der Waals surface area contributed by atoms with E-state index >= 15 is 0 Å². The summed E-state index contributed by atoms with van der Waals surface area (Å²) >= 11 is 0. The van der Waals surface area contributed by atoms with Gasteiger partial charge in [0.15, 0.2) is 0 Å². The summed E-state index contributed by atoms with van der Waals surface area (Å²) in [5.74, 6) is -0.455. The van der Waals surface area contributed by atoms with Gasteiger partial charge in [-0.15, -0.1) is 0 Å². The maximum atomic E-state index is 11.5. The highest BCUT2D eigenvalue weighted by Gasteiger charge is 2.16. The molecule has 7 nitrogen and oxygen atoms in total. The lowest BCUT2D eigenvalue weighted by molar-refractivity contribution is -0.906. The normalized spacial score (nSPS) is 17.9. The van der Waals surface area contributed by atoms with Crippen LogP contribution >= 0.6 is 0 Å². The standard InChI is InChI=1S/C11H21N3O4/c1-9(10(15)17-2)13-11(16)12-3-4-14-5-7-18-8-6-14/h9H,3-8H2,1-2H3,(H2,12,13,16)/p+1/t9-/m0/s1. The molecular formula is C11H22N3O4+. The van der Waals surface area contributed by atoms with Crippen LogP contribution in [-0.2, 0) is 14.3 Å². The quantitative estimate of drug-likeness (QED) is 0.488. The zero-order chi connectivity index (χ0) is 13.4. The average Bonchev–Trinajstić information content (AvgIpc) is 2.38. The molecule has 0 unspecified atom stereocenters. The summed E-state index contributed by atoms with van der Waals surface area (Å²) in [4.78, 5) is 24.0. The van der Waals surface area contributed by atoms with Crippen LogP contribution in [0.1, 0.15) is 6.92 Å². The molecule has 18 heavy (non-hydrogen) atoms. The third-order valence-electron chi connectivity index (χ3n) is 2.87. The van der Waals surface area contributed by atoms with Crippen LogP contribution < -0.4 is 15.5 Å². The van der Waals surface area contributed by atoms with Crippen molar-refractivity contribution in [1.29, 1.82) is 0 Å². The Morgan fingerprint density at radius 3 is 2.67 bits per heavy atom. The Labute approximate surface area is 107 Å². The molecule has 0 aliphatic carbocycles. The predicted octanol–water partition coefficient (Wildman–Crippen LogP) is -2.24. The second-order valence-electron chi connectivity index (χ2n) is 4.26. The van der Waals surface area contributed by atoms with Crippen LogP contribution in [0.2, 0.25) is 0 Å². The van der Waals surface area contributed by atoms with Gasteiger partial charge in [-0.2, -0.15) is 0 Å². The molecular weight excluding hydrogens is 238 g/mol. The number of nitrogens with one attached hydrogen (secondary N) is 3. The van der Waals surface area contributed by atoms with Gasteiger partial charge < -0.3 is 25.0 Å². The molecule has 3 N–H and O–H groups in total. The minimum Gasteiger partial charge on any atom is -0.467 e. The molecule has 2 amide bonds. The fourth-order valence-corrected chi connectivity index (χ4v) is 1.75. The molecule has 0 aromatic carbocycles. The van der Waals surface area contributed by atoms with Crippen LogP contribution in [0.25, 0.3) is 0 Å². The molecule has 0 aromatic heterocycles. The van der Waals surface area contributed by atoms with Gasteiger partial charge in [0.2, 0.25) is 0 Å². The molecule has 1 aliphatic heterocycles. The smallest absolute Gasteiger partial charge is 0.328 e. The van der Waals surface area contributed by atoms with Gasteiger partial charge in [-0.3, -0.25) is 0 Å². The molecule has 1 saturated heterocycles.